The van der Waals surface area contributed by atoms with Gasteiger partial charge < -0.3 is 10.1 Å². The lowest BCUT2D eigenvalue weighted by Gasteiger charge is -2.35. The van der Waals surface area contributed by atoms with E-state index in [-0.39, 0.29) is 0 Å². The van der Waals surface area contributed by atoms with Gasteiger partial charge in [0.2, 0.25) is 0 Å². The summed E-state index contributed by atoms with van der Waals surface area (Å²) in [5, 5.41) is 3.45. The highest BCUT2D eigenvalue weighted by molar-refractivity contribution is 4.72. The Labute approximate surface area is 107 Å². The van der Waals surface area contributed by atoms with Crippen LogP contribution < -0.4 is 5.32 Å². The second kappa shape index (κ2) is 8.90. The number of hydrogen-bond donors (Lipinski definition) is 1. The number of unbranched alkanes of at least 4 members (excludes halogenated alkanes) is 2. The summed E-state index contributed by atoms with van der Waals surface area (Å²) >= 11 is 0. The first-order valence-electron chi connectivity index (χ1n) is 7.31. The zero-order valence-corrected chi connectivity index (χ0v) is 11.9. The summed E-state index contributed by atoms with van der Waals surface area (Å²) in [6.45, 7) is 12.4. The minimum atomic E-state index is 0.407. The molecule has 1 aliphatic heterocycles. The van der Waals surface area contributed by atoms with Gasteiger partial charge in [0.25, 0.3) is 0 Å². The van der Waals surface area contributed by atoms with Crippen molar-refractivity contribution in [1.82, 2.24) is 10.2 Å². The Hall–Kier alpha value is -0.120. The SMILES string of the molecule is CCCNCCCCCN1C[C@@H](C)O[C@@H](C)C1. The molecule has 102 valence electrons. The van der Waals surface area contributed by atoms with E-state index in [1.165, 1.54) is 45.3 Å². The predicted molar refractivity (Wildman–Crippen MR) is 73.5 cm³/mol. The first-order valence-corrected chi connectivity index (χ1v) is 7.31. The molecule has 0 saturated carbocycles. The Bertz CT molecular complexity index is 177. The zero-order valence-electron chi connectivity index (χ0n) is 11.9. The predicted octanol–water partition coefficient (Wildman–Crippen LogP) is 2.27. The third-order valence-corrected chi connectivity index (χ3v) is 3.25. The van der Waals surface area contributed by atoms with Gasteiger partial charge in [0.1, 0.15) is 0 Å². The van der Waals surface area contributed by atoms with Gasteiger partial charge in [-0.1, -0.05) is 13.3 Å². The van der Waals surface area contributed by atoms with Crippen LogP contribution in [-0.4, -0.2) is 49.8 Å². The van der Waals surface area contributed by atoms with Crippen molar-refractivity contribution in [3.8, 4) is 0 Å². The maximum Gasteiger partial charge on any atom is 0.0678 e. The maximum atomic E-state index is 5.74. The molecule has 0 aliphatic carbocycles. The minimum absolute atomic E-state index is 0.407. The number of nitrogens with zero attached hydrogens (tertiary/aromatic N) is 1. The van der Waals surface area contributed by atoms with E-state index in [0.717, 1.165) is 13.1 Å². The molecule has 0 aromatic carbocycles. The highest BCUT2D eigenvalue weighted by atomic mass is 16.5. The standard InChI is InChI=1S/C14H30N2O/c1-4-8-15-9-6-5-7-10-16-11-13(2)17-14(3)12-16/h13-15H,4-12H2,1-3H3/t13-,14+. The third-order valence-electron chi connectivity index (χ3n) is 3.25. The molecule has 1 aliphatic rings. The molecule has 0 aromatic rings. The number of ether oxygens (including phenoxy) is 1. The molecule has 0 amide bonds. The van der Waals surface area contributed by atoms with Gasteiger partial charge in [-0.2, -0.15) is 0 Å². The van der Waals surface area contributed by atoms with Crippen molar-refractivity contribution in [2.24, 2.45) is 0 Å². The van der Waals surface area contributed by atoms with E-state index in [2.05, 4.69) is 31.0 Å². The van der Waals surface area contributed by atoms with Crippen LogP contribution in [0.25, 0.3) is 0 Å². The Morgan fingerprint density at radius 3 is 2.41 bits per heavy atom. The van der Waals surface area contributed by atoms with Gasteiger partial charge >= 0.3 is 0 Å². The monoisotopic (exact) mass is 242 g/mol. The van der Waals surface area contributed by atoms with E-state index in [1.54, 1.807) is 0 Å². The molecule has 1 N–H and O–H groups in total. The van der Waals surface area contributed by atoms with Crippen molar-refractivity contribution < 1.29 is 4.74 Å². The molecular formula is C14H30N2O. The Balaban J connectivity index is 1.95. The second-order valence-corrected chi connectivity index (χ2v) is 5.33. The van der Waals surface area contributed by atoms with Gasteiger partial charge in [0.15, 0.2) is 0 Å². The first-order chi connectivity index (χ1) is 8.22. The number of nitrogens with one attached hydrogen (secondary N) is 1. The van der Waals surface area contributed by atoms with Crippen LogP contribution in [0.4, 0.5) is 0 Å². The molecule has 2 atom stereocenters. The molecule has 1 heterocycles. The van der Waals surface area contributed by atoms with E-state index < -0.39 is 0 Å². The quantitative estimate of drug-likeness (QED) is 0.661. The lowest BCUT2D eigenvalue weighted by molar-refractivity contribution is -0.0681. The van der Waals surface area contributed by atoms with Crippen LogP contribution in [0.3, 0.4) is 0 Å². The normalized spacial score (nSPS) is 26.3. The molecule has 0 unspecified atom stereocenters. The fraction of sp³-hybridized carbons (Fsp3) is 1.00. The molecule has 0 radical (unpaired) electrons. The molecule has 3 heteroatoms. The Morgan fingerprint density at radius 1 is 1.06 bits per heavy atom. The van der Waals surface area contributed by atoms with Gasteiger partial charge in [0, 0.05) is 13.1 Å². The second-order valence-electron chi connectivity index (χ2n) is 5.33. The topological polar surface area (TPSA) is 24.5 Å². The van der Waals surface area contributed by atoms with Crippen molar-refractivity contribution in [3.05, 3.63) is 0 Å². The van der Waals surface area contributed by atoms with Crippen molar-refractivity contribution in [2.75, 3.05) is 32.7 Å². The van der Waals surface area contributed by atoms with Gasteiger partial charge in [-0.15, -0.1) is 0 Å². The van der Waals surface area contributed by atoms with Gasteiger partial charge in [0.05, 0.1) is 12.2 Å². The van der Waals surface area contributed by atoms with E-state index in [9.17, 15) is 0 Å². The molecular weight excluding hydrogens is 212 g/mol. The van der Waals surface area contributed by atoms with Crippen molar-refractivity contribution in [1.29, 1.82) is 0 Å². The number of hydrogen-bond acceptors (Lipinski definition) is 3. The van der Waals surface area contributed by atoms with Crippen LogP contribution >= 0.6 is 0 Å². The average Bonchev–Trinajstić information content (AvgIpc) is 2.26. The average molecular weight is 242 g/mol. The molecule has 0 spiro atoms. The van der Waals surface area contributed by atoms with Gasteiger partial charge in [-0.25, -0.2) is 0 Å². The summed E-state index contributed by atoms with van der Waals surface area (Å²) in [4.78, 5) is 2.55. The van der Waals surface area contributed by atoms with Crippen molar-refractivity contribution in [3.63, 3.8) is 0 Å². The largest absolute Gasteiger partial charge is 0.373 e. The van der Waals surface area contributed by atoms with E-state index in [1.807, 2.05) is 0 Å². The smallest absolute Gasteiger partial charge is 0.0678 e. The summed E-state index contributed by atoms with van der Waals surface area (Å²) in [6.07, 6.45) is 6.04. The maximum absolute atomic E-state index is 5.74. The summed E-state index contributed by atoms with van der Waals surface area (Å²) in [5.41, 5.74) is 0. The van der Waals surface area contributed by atoms with Crippen LogP contribution in [0.15, 0.2) is 0 Å². The summed E-state index contributed by atoms with van der Waals surface area (Å²) in [6, 6.07) is 0. The zero-order chi connectivity index (χ0) is 12.5. The molecule has 1 fully saturated rings. The van der Waals surface area contributed by atoms with Gasteiger partial charge in [-0.3, -0.25) is 4.90 Å². The lowest BCUT2D eigenvalue weighted by Crippen LogP contribution is -2.45. The molecule has 0 aromatic heterocycles. The third kappa shape index (κ3) is 7.02. The number of rotatable bonds is 8. The first kappa shape index (κ1) is 14.9. The van der Waals surface area contributed by atoms with Gasteiger partial charge in [-0.05, 0) is 52.7 Å². The Morgan fingerprint density at radius 2 is 1.76 bits per heavy atom. The van der Waals surface area contributed by atoms with Crippen LogP contribution in [0.5, 0.6) is 0 Å². The molecule has 1 saturated heterocycles. The molecule has 1 rings (SSSR count). The minimum Gasteiger partial charge on any atom is -0.373 e. The molecule has 17 heavy (non-hydrogen) atoms. The van der Waals surface area contributed by atoms with Crippen molar-refractivity contribution >= 4 is 0 Å². The summed E-state index contributed by atoms with van der Waals surface area (Å²) in [7, 11) is 0. The van der Waals surface area contributed by atoms with Crippen LogP contribution in [0.1, 0.15) is 46.5 Å². The summed E-state index contributed by atoms with van der Waals surface area (Å²) < 4.78 is 5.74. The highest BCUT2D eigenvalue weighted by Crippen LogP contribution is 2.11. The molecule has 3 nitrogen and oxygen atoms in total. The number of morpholine rings is 1. The fourth-order valence-corrected chi connectivity index (χ4v) is 2.53. The van der Waals surface area contributed by atoms with E-state index >= 15 is 0 Å². The van der Waals surface area contributed by atoms with Crippen LogP contribution in [0.2, 0.25) is 0 Å². The fourth-order valence-electron chi connectivity index (χ4n) is 2.53. The molecule has 0 bridgehead atoms. The van der Waals surface area contributed by atoms with Crippen LogP contribution in [0, 0.1) is 0 Å². The van der Waals surface area contributed by atoms with E-state index in [0.29, 0.717) is 12.2 Å². The highest BCUT2D eigenvalue weighted by Gasteiger charge is 2.21. The Kier molecular flexibility index (Phi) is 7.82. The lowest BCUT2D eigenvalue weighted by atomic mass is 10.2. The van der Waals surface area contributed by atoms with E-state index in [4.69, 9.17) is 4.74 Å². The van der Waals surface area contributed by atoms with Crippen LogP contribution in [-0.2, 0) is 4.74 Å². The van der Waals surface area contributed by atoms with Crippen molar-refractivity contribution in [2.45, 2.75) is 58.7 Å². The summed E-state index contributed by atoms with van der Waals surface area (Å²) in [5.74, 6) is 0.